The third kappa shape index (κ3) is 42.6. The molecule has 0 saturated carbocycles. The quantitative estimate of drug-likeness (QED) is 0.0663. The maximum atomic E-state index is 11.6. The van der Waals surface area contributed by atoms with Crippen molar-refractivity contribution in [3.05, 3.63) is 0 Å². The lowest BCUT2D eigenvalue weighted by atomic mass is 10.2. The Balaban J connectivity index is 3.11. The molecule has 0 aliphatic heterocycles. The van der Waals surface area contributed by atoms with E-state index >= 15 is 0 Å². The van der Waals surface area contributed by atoms with Gasteiger partial charge in [-0.05, 0) is 27.7 Å². The highest BCUT2D eigenvalue weighted by Gasteiger charge is 2.15. The minimum Gasteiger partial charge on any atom is -0.466 e. The van der Waals surface area contributed by atoms with Crippen molar-refractivity contribution >= 4 is 11.9 Å². The van der Waals surface area contributed by atoms with Crippen molar-refractivity contribution in [3.63, 3.8) is 0 Å². The first-order valence-corrected chi connectivity index (χ1v) is 17.7. The molecule has 0 fully saturated rings. The molecule has 0 aromatic rings. The molecule has 0 spiro atoms. The zero-order valence-corrected chi connectivity index (χ0v) is 31.1. The summed E-state index contributed by atoms with van der Waals surface area (Å²) in [6.45, 7) is 18.7. The summed E-state index contributed by atoms with van der Waals surface area (Å²) in [7, 11) is 0. The van der Waals surface area contributed by atoms with Gasteiger partial charge in [-0.25, -0.2) is 0 Å². The monoisotopic (exact) mass is 730 g/mol. The summed E-state index contributed by atoms with van der Waals surface area (Å²) in [6, 6.07) is 0. The summed E-state index contributed by atoms with van der Waals surface area (Å²) in [6.07, 6.45) is 0.480. The van der Waals surface area contributed by atoms with Gasteiger partial charge in [0.25, 0.3) is 0 Å². The van der Waals surface area contributed by atoms with Crippen LogP contribution in [0.5, 0.6) is 0 Å². The number of esters is 2. The van der Waals surface area contributed by atoms with Crippen LogP contribution in [0.2, 0.25) is 0 Å². The molecule has 0 radical (unpaired) electrons. The minimum atomic E-state index is -0.478. The standard InChI is InChI=1S/C34H66O16/c1-5-49-32(35)6-8-37-10-12-39-14-16-41-18-20-43-22-24-45-26-28-47-30-31-48-29-27-46-25-23-44-21-19-42-17-15-40-13-11-38-9-7-33(36)50-34(2,3)4/h5-31H2,1-4H3. The molecule has 0 aromatic heterocycles. The summed E-state index contributed by atoms with van der Waals surface area (Å²) < 4.78 is 75.2. The van der Waals surface area contributed by atoms with Gasteiger partial charge in [0.1, 0.15) is 5.60 Å². The van der Waals surface area contributed by atoms with E-state index in [0.29, 0.717) is 165 Å². The van der Waals surface area contributed by atoms with Crippen molar-refractivity contribution in [2.45, 2.75) is 46.1 Å². The number of hydrogen-bond acceptors (Lipinski definition) is 16. The smallest absolute Gasteiger partial charge is 0.308 e. The van der Waals surface area contributed by atoms with Crippen molar-refractivity contribution in [3.8, 4) is 0 Å². The lowest BCUT2D eigenvalue weighted by molar-refractivity contribution is -0.156. The predicted molar refractivity (Wildman–Crippen MR) is 182 cm³/mol. The van der Waals surface area contributed by atoms with Gasteiger partial charge in [-0.15, -0.1) is 0 Å². The molecule has 0 rings (SSSR count). The van der Waals surface area contributed by atoms with E-state index < -0.39 is 5.60 Å². The van der Waals surface area contributed by atoms with Crippen molar-refractivity contribution in [2.75, 3.05) is 165 Å². The van der Waals surface area contributed by atoms with E-state index in [-0.39, 0.29) is 24.8 Å². The summed E-state index contributed by atoms with van der Waals surface area (Å²) in [5.74, 6) is -0.523. The van der Waals surface area contributed by atoms with Gasteiger partial charge in [-0.2, -0.15) is 0 Å². The first-order chi connectivity index (χ1) is 24.3. The van der Waals surface area contributed by atoms with E-state index in [2.05, 4.69) is 0 Å². The zero-order chi connectivity index (χ0) is 36.6. The van der Waals surface area contributed by atoms with Gasteiger partial charge in [0.2, 0.25) is 0 Å². The molecular weight excluding hydrogens is 664 g/mol. The van der Waals surface area contributed by atoms with E-state index in [4.69, 9.17) is 66.3 Å². The highest BCUT2D eigenvalue weighted by Crippen LogP contribution is 2.08. The van der Waals surface area contributed by atoms with Crippen LogP contribution in [0.4, 0.5) is 0 Å². The molecule has 0 atom stereocenters. The summed E-state index contributed by atoms with van der Waals surface area (Å²) in [5, 5.41) is 0. The van der Waals surface area contributed by atoms with Gasteiger partial charge in [-0.3, -0.25) is 9.59 Å². The fourth-order valence-corrected chi connectivity index (χ4v) is 3.46. The number of hydrogen-bond donors (Lipinski definition) is 0. The Morgan fingerprint density at radius 2 is 0.540 bits per heavy atom. The van der Waals surface area contributed by atoms with Crippen LogP contribution in [0.3, 0.4) is 0 Å². The maximum Gasteiger partial charge on any atom is 0.308 e. The first kappa shape index (κ1) is 48.5. The van der Waals surface area contributed by atoms with Gasteiger partial charge in [-0.1, -0.05) is 0 Å². The summed E-state index contributed by atoms with van der Waals surface area (Å²) in [4.78, 5) is 22.7. The molecule has 298 valence electrons. The van der Waals surface area contributed by atoms with E-state index in [1.165, 1.54) is 0 Å². The first-order valence-electron chi connectivity index (χ1n) is 17.7. The lowest BCUT2D eigenvalue weighted by Crippen LogP contribution is -2.24. The Morgan fingerprint density at radius 1 is 0.340 bits per heavy atom. The molecule has 16 heteroatoms. The number of rotatable bonds is 40. The van der Waals surface area contributed by atoms with E-state index in [9.17, 15) is 9.59 Å². The van der Waals surface area contributed by atoms with Crippen molar-refractivity contribution in [1.82, 2.24) is 0 Å². The lowest BCUT2D eigenvalue weighted by Gasteiger charge is -2.19. The van der Waals surface area contributed by atoms with Gasteiger partial charge in [0, 0.05) is 0 Å². The van der Waals surface area contributed by atoms with Crippen molar-refractivity contribution in [2.24, 2.45) is 0 Å². The Morgan fingerprint density at radius 3 is 0.740 bits per heavy atom. The van der Waals surface area contributed by atoms with E-state index in [1.54, 1.807) is 6.92 Å². The molecule has 0 aromatic carbocycles. The second kappa shape index (κ2) is 38.7. The summed E-state index contributed by atoms with van der Waals surface area (Å²) >= 11 is 0. The second-order valence-corrected chi connectivity index (χ2v) is 11.2. The molecule has 0 unspecified atom stereocenters. The fourth-order valence-electron chi connectivity index (χ4n) is 3.46. The molecule has 0 aliphatic rings. The topological polar surface area (TPSA) is 163 Å². The average Bonchev–Trinajstić information content (AvgIpc) is 3.07. The Labute approximate surface area is 299 Å². The van der Waals surface area contributed by atoms with Crippen LogP contribution >= 0.6 is 0 Å². The highest BCUT2D eigenvalue weighted by atomic mass is 16.6. The van der Waals surface area contributed by atoms with Crippen LogP contribution in [0.1, 0.15) is 40.5 Å². The molecular formula is C34H66O16. The third-order valence-electron chi connectivity index (χ3n) is 5.72. The average molecular weight is 731 g/mol. The highest BCUT2D eigenvalue weighted by molar-refractivity contribution is 5.70. The van der Waals surface area contributed by atoms with Crippen molar-refractivity contribution < 1.29 is 75.9 Å². The normalized spacial score (nSPS) is 11.7. The minimum absolute atomic E-state index is 0.228. The SMILES string of the molecule is CCOC(=O)CCOCCOCCOCCOCCOCCOCCOCCOCCOCCOCCOCCOCCC(=O)OC(C)(C)C. The maximum absolute atomic E-state index is 11.6. The fraction of sp³-hybridized carbons (Fsp3) is 0.941. The van der Waals surface area contributed by atoms with Gasteiger partial charge in [0.05, 0.1) is 178 Å². The molecule has 0 saturated heterocycles. The van der Waals surface area contributed by atoms with E-state index in [0.717, 1.165) is 0 Å². The number of ether oxygens (including phenoxy) is 14. The molecule has 16 nitrogen and oxygen atoms in total. The summed E-state index contributed by atoms with van der Waals surface area (Å²) in [5.41, 5.74) is -0.478. The Hall–Kier alpha value is -1.54. The predicted octanol–water partition coefficient (Wildman–Crippen LogP) is 1.87. The van der Waals surface area contributed by atoms with Crippen LogP contribution in [0.25, 0.3) is 0 Å². The molecule has 0 aliphatic carbocycles. The molecule has 0 N–H and O–H groups in total. The van der Waals surface area contributed by atoms with Crippen LogP contribution in [-0.2, 0) is 75.9 Å². The van der Waals surface area contributed by atoms with Crippen molar-refractivity contribution in [1.29, 1.82) is 0 Å². The zero-order valence-electron chi connectivity index (χ0n) is 31.1. The molecule has 0 heterocycles. The number of carbonyl (C=O) groups excluding carboxylic acids is 2. The van der Waals surface area contributed by atoms with E-state index in [1.807, 2.05) is 20.8 Å². The van der Waals surface area contributed by atoms with Gasteiger partial charge in [0.15, 0.2) is 0 Å². The van der Waals surface area contributed by atoms with Crippen LogP contribution in [0, 0.1) is 0 Å². The molecule has 0 bridgehead atoms. The van der Waals surface area contributed by atoms with Crippen LogP contribution in [-0.4, -0.2) is 183 Å². The number of carbonyl (C=O) groups is 2. The third-order valence-corrected chi connectivity index (χ3v) is 5.72. The largest absolute Gasteiger partial charge is 0.466 e. The van der Waals surface area contributed by atoms with Gasteiger partial charge >= 0.3 is 11.9 Å². The molecule has 0 amide bonds. The van der Waals surface area contributed by atoms with Crippen LogP contribution < -0.4 is 0 Å². The Bertz CT molecular complexity index is 722. The Kier molecular flexibility index (Phi) is 37.5. The van der Waals surface area contributed by atoms with Gasteiger partial charge < -0.3 is 66.3 Å². The second-order valence-electron chi connectivity index (χ2n) is 11.2. The van der Waals surface area contributed by atoms with Crippen LogP contribution in [0.15, 0.2) is 0 Å². The molecule has 50 heavy (non-hydrogen) atoms.